The summed E-state index contributed by atoms with van der Waals surface area (Å²) in [5, 5.41) is 5.45. The maximum Gasteiger partial charge on any atom is 0.407 e. The van der Waals surface area contributed by atoms with Crippen LogP contribution in [0.3, 0.4) is 0 Å². The number of carbonyl (C=O) groups excluding carboxylic acids is 4. The summed E-state index contributed by atoms with van der Waals surface area (Å²) in [6.45, 7) is 16.1. The summed E-state index contributed by atoms with van der Waals surface area (Å²) < 4.78 is 19.4. The summed E-state index contributed by atoms with van der Waals surface area (Å²) in [6, 6.07) is 0. The van der Waals surface area contributed by atoms with Gasteiger partial charge in [-0.3, -0.25) is 0 Å². The zero-order valence-corrected chi connectivity index (χ0v) is 21.5. The van der Waals surface area contributed by atoms with Crippen LogP contribution >= 0.6 is 0 Å². The lowest BCUT2D eigenvalue weighted by molar-refractivity contribution is -0.139. The number of carbonyl (C=O) groups is 4. The van der Waals surface area contributed by atoms with Crippen LogP contribution in [0.4, 0.5) is 9.59 Å². The molecule has 0 aromatic rings. The molecule has 35 heavy (non-hydrogen) atoms. The minimum Gasteiger partial charge on any atom is -0.459 e. The molecule has 0 fully saturated rings. The Morgan fingerprint density at radius 3 is 1.26 bits per heavy atom. The Balaban J connectivity index is 3.95. The quantitative estimate of drug-likeness (QED) is 0.127. The second-order valence-corrected chi connectivity index (χ2v) is 8.90. The third-order valence-corrected chi connectivity index (χ3v) is 5.06. The van der Waals surface area contributed by atoms with E-state index >= 15 is 0 Å². The first kappa shape index (κ1) is 32.0. The van der Waals surface area contributed by atoms with Crippen LogP contribution in [0.1, 0.15) is 47.0 Å². The van der Waals surface area contributed by atoms with Crippen LogP contribution in [0.25, 0.3) is 0 Å². The lowest BCUT2D eigenvalue weighted by atomic mass is 9.85. The average molecular weight is 499 g/mol. The highest BCUT2D eigenvalue weighted by atomic mass is 16.6. The van der Waals surface area contributed by atoms with E-state index in [9.17, 15) is 19.2 Å². The van der Waals surface area contributed by atoms with Crippen LogP contribution < -0.4 is 10.6 Å². The molecule has 0 aromatic carbocycles. The van der Waals surface area contributed by atoms with Gasteiger partial charge >= 0.3 is 24.1 Å². The zero-order chi connectivity index (χ0) is 26.6. The SMILES string of the molecule is C=CC(=O)OCCOC(=O)NCC(C)CC(C)CC(C)CC(C)CNC(=O)OCCOC(=O)C=C. The van der Waals surface area contributed by atoms with Gasteiger partial charge in [0.05, 0.1) is 0 Å². The Morgan fingerprint density at radius 2 is 0.914 bits per heavy atom. The fourth-order valence-corrected chi connectivity index (χ4v) is 3.71. The third kappa shape index (κ3) is 19.0. The molecular weight excluding hydrogens is 456 g/mol. The lowest BCUT2D eigenvalue weighted by Crippen LogP contribution is -2.31. The molecule has 0 aromatic heterocycles. The number of amides is 2. The molecule has 4 atom stereocenters. The van der Waals surface area contributed by atoms with Crippen molar-refractivity contribution in [3.8, 4) is 0 Å². The molecule has 10 heteroatoms. The molecular formula is C25H42N2O8. The van der Waals surface area contributed by atoms with Crippen LogP contribution in [0.15, 0.2) is 25.3 Å². The van der Waals surface area contributed by atoms with E-state index in [1.54, 1.807) is 0 Å². The van der Waals surface area contributed by atoms with Crippen molar-refractivity contribution in [3.05, 3.63) is 25.3 Å². The van der Waals surface area contributed by atoms with Gasteiger partial charge in [-0.25, -0.2) is 19.2 Å². The van der Waals surface area contributed by atoms with E-state index < -0.39 is 24.1 Å². The topological polar surface area (TPSA) is 129 Å². The van der Waals surface area contributed by atoms with Gasteiger partial charge in [0.1, 0.15) is 26.4 Å². The number of hydrogen-bond acceptors (Lipinski definition) is 8. The van der Waals surface area contributed by atoms with Crippen molar-refractivity contribution < 1.29 is 38.1 Å². The monoisotopic (exact) mass is 498 g/mol. The smallest absolute Gasteiger partial charge is 0.407 e. The Bertz CT molecular complexity index is 626. The maximum absolute atomic E-state index is 11.7. The number of alkyl carbamates (subject to hydrolysis) is 2. The normalized spacial score (nSPS) is 13.8. The van der Waals surface area contributed by atoms with Crippen molar-refractivity contribution in [3.63, 3.8) is 0 Å². The van der Waals surface area contributed by atoms with Gasteiger partial charge in [0.15, 0.2) is 0 Å². The van der Waals surface area contributed by atoms with E-state index in [0.717, 1.165) is 31.4 Å². The number of hydrogen-bond donors (Lipinski definition) is 2. The highest BCUT2D eigenvalue weighted by Gasteiger charge is 2.16. The van der Waals surface area contributed by atoms with Gasteiger partial charge in [0, 0.05) is 25.2 Å². The molecule has 0 aliphatic rings. The molecule has 0 radical (unpaired) electrons. The Morgan fingerprint density at radius 1 is 0.600 bits per heavy atom. The summed E-state index contributed by atoms with van der Waals surface area (Å²) in [5.41, 5.74) is 0. The molecule has 0 heterocycles. The predicted molar refractivity (Wildman–Crippen MR) is 132 cm³/mol. The van der Waals surface area contributed by atoms with Gasteiger partial charge in [0.2, 0.25) is 0 Å². The number of esters is 2. The zero-order valence-electron chi connectivity index (χ0n) is 21.5. The maximum atomic E-state index is 11.7. The highest BCUT2D eigenvalue weighted by molar-refractivity contribution is 5.81. The second kappa shape index (κ2) is 19.3. The molecule has 2 amide bonds. The summed E-state index contributed by atoms with van der Waals surface area (Å²) in [4.78, 5) is 45.2. The summed E-state index contributed by atoms with van der Waals surface area (Å²) in [7, 11) is 0. The van der Waals surface area contributed by atoms with Crippen molar-refractivity contribution in [1.82, 2.24) is 10.6 Å². The largest absolute Gasteiger partial charge is 0.459 e. The summed E-state index contributed by atoms with van der Waals surface area (Å²) in [6.07, 6.45) is 3.97. The van der Waals surface area contributed by atoms with Crippen LogP contribution in [-0.2, 0) is 28.5 Å². The number of ether oxygens (including phenoxy) is 4. The average Bonchev–Trinajstić information content (AvgIpc) is 2.81. The molecule has 4 unspecified atom stereocenters. The number of nitrogens with one attached hydrogen (secondary N) is 2. The van der Waals surface area contributed by atoms with Gasteiger partial charge in [-0.2, -0.15) is 0 Å². The van der Waals surface area contributed by atoms with E-state index in [1.807, 2.05) is 0 Å². The van der Waals surface area contributed by atoms with Gasteiger partial charge in [-0.15, -0.1) is 0 Å². The fourth-order valence-electron chi connectivity index (χ4n) is 3.71. The first-order chi connectivity index (χ1) is 16.6. The standard InChI is InChI=1S/C25H42N2O8/c1-7-22(28)32-9-11-34-24(30)26-16-20(5)14-18(3)13-19(4)15-21(6)17-27-25(31)35-12-10-33-23(29)8-2/h7-8,18-21H,1-2,9-17H2,3-6H3,(H,26,30)(H,27,31). The first-order valence-corrected chi connectivity index (χ1v) is 12.0. The van der Waals surface area contributed by atoms with Crippen LogP contribution in [0, 0.1) is 23.7 Å². The third-order valence-electron chi connectivity index (χ3n) is 5.06. The summed E-state index contributed by atoms with van der Waals surface area (Å²) in [5.74, 6) is 0.393. The van der Waals surface area contributed by atoms with Gasteiger partial charge in [-0.05, 0) is 42.9 Å². The minimum absolute atomic E-state index is 0.00883. The molecule has 10 nitrogen and oxygen atoms in total. The molecule has 0 aliphatic heterocycles. The Kier molecular flexibility index (Phi) is 17.6. The fraction of sp³-hybridized carbons (Fsp3) is 0.680. The van der Waals surface area contributed by atoms with E-state index in [0.29, 0.717) is 24.9 Å². The van der Waals surface area contributed by atoms with Gasteiger partial charge in [-0.1, -0.05) is 40.9 Å². The first-order valence-electron chi connectivity index (χ1n) is 12.0. The molecule has 0 saturated heterocycles. The number of rotatable bonds is 18. The molecule has 2 N–H and O–H groups in total. The van der Waals surface area contributed by atoms with Gasteiger partial charge in [0.25, 0.3) is 0 Å². The van der Waals surface area contributed by atoms with Crippen LogP contribution in [0.2, 0.25) is 0 Å². The van der Waals surface area contributed by atoms with E-state index in [2.05, 4.69) is 51.5 Å². The van der Waals surface area contributed by atoms with E-state index in [4.69, 9.17) is 18.9 Å². The Hall–Kier alpha value is -3.04. The lowest BCUT2D eigenvalue weighted by Gasteiger charge is -2.23. The minimum atomic E-state index is -0.556. The highest BCUT2D eigenvalue weighted by Crippen LogP contribution is 2.24. The molecule has 0 rings (SSSR count). The molecule has 200 valence electrons. The Labute approximate surface area is 208 Å². The van der Waals surface area contributed by atoms with Crippen molar-refractivity contribution in [2.75, 3.05) is 39.5 Å². The van der Waals surface area contributed by atoms with Crippen molar-refractivity contribution in [2.45, 2.75) is 47.0 Å². The second-order valence-electron chi connectivity index (χ2n) is 8.90. The summed E-state index contributed by atoms with van der Waals surface area (Å²) >= 11 is 0. The molecule has 0 aliphatic carbocycles. The van der Waals surface area contributed by atoms with Gasteiger partial charge < -0.3 is 29.6 Å². The molecule has 0 bridgehead atoms. The molecule has 0 spiro atoms. The van der Waals surface area contributed by atoms with Crippen molar-refractivity contribution in [2.24, 2.45) is 23.7 Å². The van der Waals surface area contributed by atoms with Crippen molar-refractivity contribution in [1.29, 1.82) is 0 Å². The van der Waals surface area contributed by atoms with E-state index in [-0.39, 0.29) is 38.3 Å². The van der Waals surface area contributed by atoms with Crippen molar-refractivity contribution >= 4 is 24.1 Å². The van der Waals surface area contributed by atoms with E-state index in [1.165, 1.54) is 0 Å². The van der Waals surface area contributed by atoms with Crippen LogP contribution in [-0.4, -0.2) is 63.6 Å². The molecule has 0 saturated carbocycles. The van der Waals surface area contributed by atoms with Crippen LogP contribution in [0.5, 0.6) is 0 Å². The predicted octanol–water partition coefficient (Wildman–Crippen LogP) is 3.61.